The molecule has 1 aliphatic heterocycles. The Morgan fingerprint density at radius 3 is 2.34 bits per heavy atom. The molecule has 0 aromatic heterocycles. The summed E-state index contributed by atoms with van der Waals surface area (Å²) in [6.07, 6.45) is 4.08. The average Bonchev–Trinajstić information content (AvgIpc) is 2.84. The molecule has 1 unspecified atom stereocenters. The second kappa shape index (κ2) is 8.69. The van der Waals surface area contributed by atoms with Crippen LogP contribution in [0.2, 0.25) is 0 Å². The lowest BCUT2D eigenvalue weighted by molar-refractivity contribution is -0.866. The van der Waals surface area contributed by atoms with Gasteiger partial charge in [-0.05, 0) is 29.3 Å². The molecule has 2 aliphatic rings. The predicted molar refractivity (Wildman–Crippen MR) is 117 cm³/mol. The van der Waals surface area contributed by atoms with E-state index in [4.69, 9.17) is 4.74 Å². The molecular weight excluding hydrogens is 398 g/mol. The lowest BCUT2D eigenvalue weighted by Crippen LogP contribution is -3.07. The zero-order valence-electron chi connectivity index (χ0n) is 18.0. The molecule has 4 N–H and O–H groups in total. The van der Waals surface area contributed by atoms with E-state index < -0.39 is 17.4 Å². The van der Waals surface area contributed by atoms with E-state index in [2.05, 4.69) is 42.3 Å². The molecule has 0 fully saturated rings. The molecule has 2 aromatic rings. The van der Waals surface area contributed by atoms with Crippen molar-refractivity contribution in [2.45, 2.75) is 18.5 Å². The fourth-order valence-electron chi connectivity index (χ4n) is 5.10. The summed E-state index contributed by atoms with van der Waals surface area (Å²) >= 11 is 0. The van der Waals surface area contributed by atoms with Gasteiger partial charge in [-0.2, -0.15) is 15.8 Å². The van der Waals surface area contributed by atoms with Crippen LogP contribution in [-0.2, 0) is 6.54 Å². The monoisotopic (exact) mass is 423 g/mol. The molecule has 32 heavy (non-hydrogen) atoms. The average molecular weight is 424 g/mol. The number of nitrogens with zero attached hydrogens (tertiary/aromatic N) is 3. The van der Waals surface area contributed by atoms with Crippen molar-refractivity contribution in [2.24, 2.45) is 11.3 Å². The highest BCUT2D eigenvalue weighted by atomic mass is 16.5. The minimum absolute atomic E-state index is 0.154. The Hall–Kier alpha value is -3.89. The van der Waals surface area contributed by atoms with Gasteiger partial charge in [0, 0.05) is 17.4 Å². The molecule has 2 aromatic carbocycles. The van der Waals surface area contributed by atoms with Crippen molar-refractivity contribution in [3.05, 3.63) is 89.1 Å². The van der Waals surface area contributed by atoms with E-state index in [0.717, 1.165) is 17.7 Å². The Kier molecular flexibility index (Phi) is 5.80. The minimum Gasteiger partial charge on any atom is -0.497 e. The lowest BCUT2D eigenvalue weighted by atomic mass is 9.56. The summed E-state index contributed by atoms with van der Waals surface area (Å²) in [7, 11) is 1.60. The SMILES string of the molecule is COc1ccc([C@@H]2[C@H]3C[NH+](Cc4ccccc4)C=CC3=C(C#N)[C@H]([NH3+])C2(C#N)C#N)cc1. The Labute approximate surface area is 188 Å². The number of hydrogen-bond donors (Lipinski definition) is 2. The number of allylic oxidation sites excluding steroid dienone is 1. The molecule has 0 amide bonds. The van der Waals surface area contributed by atoms with Crippen LogP contribution in [0, 0.1) is 45.3 Å². The Balaban J connectivity index is 1.83. The summed E-state index contributed by atoms with van der Waals surface area (Å²) in [6, 6.07) is 23.9. The summed E-state index contributed by atoms with van der Waals surface area (Å²) in [5.74, 6) is 0.149. The van der Waals surface area contributed by atoms with Crippen molar-refractivity contribution < 1.29 is 15.4 Å². The van der Waals surface area contributed by atoms with Crippen molar-refractivity contribution in [3.8, 4) is 24.0 Å². The molecule has 4 rings (SSSR count). The van der Waals surface area contributed by atoms with Gasteiger partial charge in [0.1, 0.15) is 18.4 Å². The van der Waals surface area contributed by atoms with Gasteiger partial charge in [0.2, 0.25) is 5.41 Å². The smallest absolute Gasteiger partial charge is 0.207 e. The maximum Gasteiger partial charge on any atom is 0.207 e. The van der Waals surface area contributed by atoms with Crippen LogP contribution >= 0.6 is 0 Å². The van der Waals surface area contributed by atoms with Crippen LogP contribution in [0.1, 0.15) is 17.0 Å². The van der Waals surface area contributed by atoms with Crippen LogP contribution in [0.4, 0.5) is 0 Å². The summed E-state index contributed by atoms with van der Waals surface area (Å²) in [4.78, 5) is 1.22. The largest absolute Gasteiger partial charge is 0.497 e. The standard InChI is InChI=1S/C26H23N5O/c1-32-20-9-7-19(8-10-20)24-23-15-31(14-18-5-3-2-4-6-18)12-11-21(23)22(13-27)25(30)26(24,16-28)17-29/h2-12,23-25H,14-15,30H2,1H3/p+2/t23-,24+,25-/m0/s1. The quantitative estimate of drug-likeness (QED) is 0.776. The Bertz CT molecular complexity index is 1160. The highest BCUT2D eigenvalue weighted by Gasteiger charge is 2.59. The van der Waals surface area contributed by atoms with Gasteiger partial charge in [-0.1, -0.05) is 42.5 Å². The number of benzene rings is 2. The third kappa shape index (κ3) is 3.45. The van der Waals surface area contributed by atoms with Gasteiger partial charge in [0.15, 0.2) is 6.04 Å². The van der Waals surface area contributed by atoms with E-state index >= 15 is 0 Å². The molecule has 4 atom stereocenters. The third-order valence-corrected chi connectivity index (χ3v) is 6.72. The first-order valence-electron chi connectivity index (χ1n) is 10.6. The van der Waals surface area contributed by atoms with Crippen LogP contribution in [0.5, 0.6) is 5.75 Å². The summed E-state index contributed by atoms with van der Waals surface area (Å²) in [5.41, 5.74) is 6.14. The van der Waals surface area contributed by atoms with Crippen LogP contribution in [-0.4, -0.2) is 19.7 Å². The van der Waals surface area contributed by atoms with Gasteiger partial charge >= 0.3 is 0 Å². The van der Waals surface area contributed by atoms with Crippen molar-refractivity contribution >= 4 is 0 Å². The number of nitriles is 3. The number of ether oxygens (including phenoxy) is 1. The van der Waals surface area contributed by atoms with Crippen LogP contribution in [0.15, 0.2) is 78.0 Å². The van der Waals surface area contributed by atoms with E-state index in [9.17, 15) is 15.8 Å². The zero-order chi connectivity index (χ0) is 22.7. The van der Waals surface area contributed by atoms with Gasteiger partial charge in [-0.15, -0.1) is 0 Å². The molecule has 0 spiro atoms. The molecule has 6 nitrogen and oxygen atoms in total. The lowest BCUT2D eigenvalue weighted by Gasteiger charge is -2.44. The van der Waals surface area contributed by atoms with E-state index in [0.29, 0.717) is 17.9 Å². The van der Waals surface area contributed by atoms with Gasteiger partial charge in [-0.3, -0.25) is 0 Å². The molecule has 0 radical (unpaired) electrons. The highest BCUT2D eigenvalue weighted by molar-refractivity contribution is 5.52. The van der Waals surface area contributed by atoms with Crippen LogP contribution in [0.3, 0.4) is 0 Å². The number of fused-ring (bicyclic) bond motifs is 1. The second-order valence-electron chi connectivity index (χ2n) is 8.34. The maximum atomic E-state index is 10.3. The fraction of sp³-hybridized carbons (Fsp3) is 0.269. The summed E-state index contributed by atoms with van der Waals surface area (Å²) in [5, 5.41) is 30.4. The van der Waals surface area contributed by atoms with E-state index in [-0.39, 0.29) is 5.92 Å². The minimum atomic E-state index is -1.43. The maximum absolute atomic E-state index is 10.3. The first kappa shape index (κ1) is 21.3. The van der Waals surface area contributed by atoms with Crippen molar-refractivity contribution in [1.29, 1.82) is 15.8 Å². The zero-order valence-corrected chi connectivity index (χ0v) is 18.0. The van der Waals surface area contributed by atoms with E-state index in [1.54, 1.807) is 7.11 Å². The number of quaternary nitrogens is 2. The van der Waals surface area contributed by atoms with Crippen molar-refractivity contribution in [3.63, 3.8) is 0 Å². The molecular formula is C26H25N5O+2. The molecule has 1 aliphatic carbocycles. The number of hydrogen-bond acceptors (Lipinski definition) is 4. The Morgan fingerprint density at radius 2 is 1.75 bits per heavy atom. The van der Waals surface area contributed by atoms with E-state index in [1.165, 1.54) is 10.5 Å². The first-order chi connectivity index (χ1) is 15.6. The first-order valence-corrected chi connectivity index (χ1v) is 10.6. The third-order valence-electron chi connectivity index (χ3n) is 6.72. The van der Waals surface area contributed by atoms with Gasteiger partial charge in [-0.25, -0.2) is 0 Å². The molecule has 158 valence electrons. The van der Waals surface area contributed by atoms with Gasteiger partial charge in [0.05, 0.1) is 37.6 Å². The van der Waals surface area contributed by atoms with Crippen LogP contribution in [0.25, 0.3) is 0 Å². The fourth-order valence-corrected chi connectivity index (χ4v) is 5.10. The van der Waals surface area contributed by atoms with E-state index in [1.807, 2.05) is 48.5 Å². The topological polar surface area (TPSA) is 113 Å². The molecule has 0 saturated heterocycles. The highest BCUT2D eigenvalue weighted by Crippen LogP contribution is 2.51. The summed E-state index contributed by atoms with van der Waals surface area (Å²) in [6.45, 7) is 1.47. The molecule has 1 heterocycles. The van der Waals surface area contributed by atoms with Gasteiger partial charge < -0.3 is 15.4 Å². The molecule has 0 bridgehead atoms. The number of methoxy groups -OCH3 is 1. The Morgan fingerprint density at radius 1 is 1.06 bits per heavy atom. The molecule has 6 heteroatoms. The molecule has 0 saturated carbocycles. The second-order valence-corrected chi connectivity index (χ2v) is 8.34. The van der Waals surface area contributed by atoms with Crippen molar-refractivity contribution in [1.82, 2.24) is 0 Å². The van der Waals surface area contributed by atoms with Crippen LogP contribution < -0.4 is 15.4 Å². The summed E-state index contributed by atoms with van der Waals surface area (Å²) < 4.78 is 5.30. The number of rotatable bonds is 4. The predicted octanol–water partition coefficient (Wildman–Crippen LogP) is 1.49. The van der Waals surface area contributed by atoms with Gasteiger partial charge in [0.25, 0.3) is 0 Å². The number of nitrogens with one attached hydrogen (secondary N) is 1. The van der Waals surface area contributed by atoms with Crippen molar-refractivity contribution in [2.75, 3.05) is 13.7 Å². The normalized spacial score (nSPS) is 25.7.